The fourth-order valence-electron chi connectivity index (χ4n) is 1.27. The Morgan fingerprint density at radius 1 is 1.29 bits per heavy atom. The summed E-state index contributed by atoms with van der Waals surface area (Å²) in [5.41, 5.74) is -0.465. The van der Waals surface area contributed by atoms with Crippen LogP contribution in [0.15, 0.2) is 23.1 Å². The molecule has 1 rings (SSSR count). The van der Waals surface area contributed by atoms with E-state index >= 15 is 0 Å². The zero-order chi connectivity index (χ0) is 13.2. The van der Waals surface area contributed by atoms with Gasteiger partial charge in [0, 0.05) is 6.26 Å². The number of hydrogen-bond donors (Lipinski definition) is 1. The zero-order valence-corrected chi connectivity index (χ0v) is 9.95. The van der Waals surface area contributed by atoms with Crippen molar-refractivity contribution in [1.82, 2.24) is 0 Å². The SMILES string of the molecule is COC(=O)c1ccc(S(C)(=O)=O)c(C(=O)O)c1. The first-order valence-corrected chi connectivity index (χ1v) is 6.32. The largest absolute Gasteiger partial charge is 0.478 e. The van der Waals surface area contributed by atoms with Crippen LogP contribution in [0.25, 0.3) is 0 Å². The van der Waals surface area contributed by atoms with Gasteiger partial charge in [-0.2, -0.15) is 0 Å². The maximum atomic E-state index is 11.3. The lowest BCUT2D eigenvalue weighted by atomic mass is 10.1. The number of benzene rings is 1. The summed E-state index contributed by atoms with van der Waals surface area (Å²) < 4.78 is 27.1. The van der Waals surface area contributed by atoms with Gasteiger partial charge in [0.2, 0.25) is 0 Å². The molecule has 0 aromatic heterocycles. The summed E-state index contributed by atoms with van der Waals surface area (Å²) in [6.07, 6.45) is 0.895. The summed E-state index contributed by atoms with van der Waals surface area (Å²) in [5, 5.41) is 8.89. The summed E-state index contributed by atoms with van der Waals surface area (Å²) in [6.45, 7) is 0. The van der Waals surface area contributed by atoms with E-state index in [1.54, 1.807) is 0 Å². The lowest BCUT2D eigenvalue weighted by Crippen LogP contribution is -2.10. The minimum Gasteiger partial charge on any atom is -0.478 e. The highest BCUT2D eigenvalue weighted by Gasteiger charge is 2.20. The van der Waals surface area contributed by atoms with Crippen LogP contribution in [0.3, 0.4) is 0 Å². The number of carbonyl (C=O) groups excluding carboxylic acids is 1. The molecular formula is C10H10O6S. The Balaban J connectivity index is 3.48. The first-order valence-electron chi connectivity index (χ1n) is 4.43. The van der Waals surface area contributed by atoms with E-state index in [1.807, 2.05) is 0 Å². The molecule has 0 aliphatic carbocycles. The van der Waals surface area contributed by atoms with Gasteiger partial charge in [-0.05, 0) is 18.2 Å². The van der Waals surface area contributed by atoms with Crippen molar-refractivity contribution in [2.45, 2.75) is 4.90 Å². The molecule has 1 aromatic rings. The number of carboxylic acids is 1. The summed E-state index contributed by atoms with van der Waals surface area (Å²) in [5.74, 6) is -2.15. The molecule has 0 unspecified atom stereocenters. The number of carbonyl (C=O) groups is 2. The highest BCUT2D eigenvalue weighted by Crippen LogP contribution is 2.18. The lowest BCUT2D eigenvalue weighted by Gasteiger charge is -2.06. The Bertz CT molecular complexity index is 572. The summed E-state index contributed by atoms with van der Waals surface area (Å²) in [7, 11) is -2.51. The molecule has 0 atom stereocenters. The van der Waals surface area contributed by atoms with Crippen molar-refractivity contribution in [1.29, 1.82) is 0 Å². The molecule has 0 aliphatic heterocycles. The smallest absolute Gasteiger partial charge is 0.337 e. The van der Waals surface area contributed by atoms with E-state index in [0.717, 1.165) is 25.5 Å². The predicted molar refractivity (Wildman–Crippen MR) is 57.9 cm³/mol. The van der Waals surface area contributed by atoms with Gasteiger partial charge >= 0.3 is 11.9 Å². The fourth-order valence-corrected chi connectivity index (χ4v) is 2.13. The summed E-state index contributed by atoms with van der Waals surface area (Å²) in [4.78, 5) is 21.8. The van der Waals surface area contributed by atoms with E-state index in [1.165, 1.54) is 6.07 Å². The Morgan fingerprint density at radius 3 is 2.29 bits per heavy atom. The van der Waals surface area contributed by atoms with Gasteiger partial charge in [-0.1, -0.05) is 0 Å². The van der Waals surface area contributed by atoms with E-state index in [-0.39, 0.29) is 10.5 Å². The summed E-state index contributed by atoms with van der Waals surface area (Å²) >= 11 is 0. The highest BCUT2D eigenvalue weighted by atomic mass is 32.2. The average Bonchev–Trinajstić information content (AvgIpc) is 2.25. The summed E-state index contributed by atoms with van der Waals surface area (Å²) in [6, 6.07) is 3.25. The van der Waals surface area contributed by atoms with Crippen molar-refractivity contribution in [2.24, 2.45) is 0 Å². The zero-order valence-electron chi connectivity index (χ0n) is 9.13. The van der Waals surface area contributed by atoms with Gasteiger partial charge in [0.15, 0.2) is 9.84 Å². The molecule has 0 spiro atoms. The molecular weight excluding hydrogens is 248 g/mol. The minimum absolute atomic E-state index is 0.0164. The predicted octanol–water partition coefficient (Wildman–Crippen LogP) is 0.575. The molecule has 1 aromatic carbocycles. The van der Waals surface area contributed by atoms with Gasteiger partial charge in [-0.3, -0.25) is 0 Å². The molecule has 0 aliphatic rings. The van der Waals surface area contributed by atoms with Gasteiger partial charge in [-0.25, -0.2) is 18.0 Å². The maximum Gasteiger partial charge on any atom is 0.337 e. The van der Waals surface area contributed by atoms with Crippen LogP contribution in [-0.4, -0.2) is 38.8 Å². The molecule has 6 nitrogen and oxygen atoms in total. The molecule has 0 bridgehead atoms. The number of esters is 1. The van der Waals surface area contributed by atoms with Gasteiger partial charge in [0.05, 0.1) is 23.1 Å². The van der Waals surface area contributed by atoms with Crippen molar-refractivity contribution in [3.63, 3.8) is 0 Å². The number of methoxy groups -OCH3 is 1. The van der Waals surface area contributed by atoms with Crippen molar-refractivity contribution < 1.29 is 27.9 Å². The molecule has 0 radical (unpaired) electrons. The van der Waals surface area contributed by atoms with Crippen molar-refractivity contribution in [3.8, 4) is 0 Å². The second kappa shape index (κ2) is 4.54. The number of hydrogen-bond acceptors (Lipinski definition) is 5. The number of rotatable bonds is 3. The van der Waals surface area contributed by atoms with E-state index in [9.17, 15) is 18.0 Å². The van der Waals surface area contributed by atoms with Gasteiger partial charge in [0.1, 0.15) is 0 Å². The standard InChI is InChI=1S/C10H10O6S/c1-16-10(13)6-3-4-8(17(2,14)15)7(5-6)9(11)12/h3-5H,1-2H3,(H,11,12). The minimum atomic E-state index is -3.66. The molecule has 17 heavy (non-hydrogen) atoms. The van der Waals surface area contributed by atoms with E-state index in [0.29, 0.717) is 0 Å². The molecule has 0 saturated heterocycles. The Hall–Kier alpha value is -1.89. The molecule has 92 valence electrons. The lowest BCUT2D eigenvalue weighted by molar-refractivity contribution is 0.0600. The topological polar surface area (TPSA) is 97.7 Å². The van der Waals surface area contributed by atoms with Crippen LogP contribution in [0.2, 0.25) is 0 Å². The normalized spacial score (nSPS) is 10.9. The van der Waals surface area contributed by atoms with Crippen LogP contribution in [0.4, 0.5) is 0 Å². The van der Waals surface area contributed by atoms with Crippen LogP contribution >= 0.6 is 0 Å². The third kappa shape index (κ3) is 2.82. The number of ether oxygens (including phenoxy) is 1. The Kier molecular flexibility index (Phi) is 3.52. The fraction of sp³-hybridized carbons (Fsp3) is 0.200. The second-order valence-electron chi connectivity index (χ2n) is 3.28. The highest BCUT2D eigenvalue weighted by molar-refractivity contribution is 7.90. The van der Waals surface area contributed by atoms with Crippen molar-refractivity contribution in [3.05, 3.63) is 29.3 Å². The van der Waals surface area contributed by atoms with Gasteiger partial charge in [0.25, 0.3) is 0 Å². The second-order valence-corrected chi connectivity index (χ2v) is 5.26. The van der Waals surface area contributed by atoms with E-state index in [2.05, 4.69) is 4.74 Å². The monoisotopic (exact) mass is 258 g/mol. The molecule has 1 N–H and O–H groups in total. The van der Waals surface area contributed by atoms with Crippen LogP contribution in [0.5, 0.6) is 0 Å². The number of carboxylic acid groups (broad SMARTS) is 1. The number of sulfone groups is 1. The van der Waals surface area contributed by atoms with Crippen LogP contribution in [-0.2, 0) is 14.6 Å². The van der Waals surface area contributed by atoms with Crippen molar-refractivity contribution >= 4 is 21.8 Å². The quantitative estimate of drug-likeness (QED) is 0.796. The van der Waals surface area contributed by atoms with Crippen LogP contribution < -0.4 is 0 Å². The van der Waals surface area contributed by atoms with Crippen molar-refractivity contribution in [2.75, 3.05) is 13.4 Å². The first kappa shape index (κ1) is 13.2. The number of aromatic carboxylic acids is 1. The third-order valence-corrected chi connectivity index (χ3v) is 3.19. The molecule has 0 amide bonds. The maximum absolute atomic E-state index is 11.3. The van der Waals surface area contributed by atoms with Gasteiger partial charge < -0.3 is 9.84 Å². The Labute approximate surface area is 97.7 Å². The van der Waals surface area contributed by atoms with Crippen LogP contribution in [0.1, 0.15) is 20.7 Å². The third-order valence-electron chi connectivity index (χ3n) is 2.03. The van der Waals surface area contributed by atoms with E-state index in [4.69, 9.17) is 5.11 Å². The molecule has 0 saturated carbocycles. The average molecular weight is 258 g/mol. The Morgan fingerprint density at radius 2 is 1.88 bits per heavy atom. The molecule has 7 heteroatoms. The van der Waals surface area contributed by atoms with Crippen LogP contribution in [0, 0.1) is 0 Å². The molecule has 0 heterocycles. The van der Waals surface area contributed by atoms with Gasteiger partial charge in [-0.15, -0.1) is 0 Å². The van der Waals surface area contributed by atoms with E-state index < -0.39 is 27.3 Å². The molecule has 0 fully saturated rings. The first-order chi connectivity index (χ1) is 7.77.